The highest BCUT2D eigenvalue weighted by Gasteiger charge is 2.31. The van der Waals surface area contributed by atoms with E-state index < -0.39 is 12.3 Å². The first kappa shape index (κ1) is 11.6. The third-order valence-corrected chi connectivity index (χ3v) is 3.41. The van der Waals surface area contributed by atoms with Gasteiger partial charge < -0.3 is 9.51 Å². The van der Waals surface area contributed by atoms with Crippen LogP contribution in [-0.4, -0.2) is 44.8 Å². The summed E-state index contributed by atoms with van der Waals surface area (Å²) in [6.45, 7) is 3.27. The maximum absolute atomic E-state index is 13.2. The summed E-state index contributed by atoms with van der Waals surface area (Å²) in [4.78, 5) is 6.44. The van der Waals surface area contributed by atoms with Crippen LogP contribution >= 0.6 is 0 Å². The third kappa shape index (κ3) is 2.00. The van der Waals surface area contributed by atoms with Crippen LogP contribution in [-0.2, 0) is 6.54 Å². The molecule has 96 valence electrons. The van der Waals surface area contributed by atoms with Crippen LogP contribution in [0.15, 0.2) is 24.5 Å². The van der Waals surface area contributed by atoms with Crippen LogP contribution in [0.3, 0.4) is 0 Å². The van der Waals surface area contributed by atoms with E-state index in [2.05, 4.69) is 4.98 Å². The SMILES string of the molecule is Cc1cccn2cc(CN3C[C@H](O)[C@@H](F)C3)nc12. The lowest BCUT2D eigenvalue weighted by Gasteiger charge is -2.11. The van der Waals surface area contributed by atoms with E-state index in [0.29, 0.717) is 13.1 Å². The van der Waals surface area contributed by atoms with Crippen molar-refractivity contribution < 1.29 is 9.50 Å². The second-order valence-electron chi connectivity index (χ2n) is 4.93. The second-order valence-corrected chi connectivity index (χ2v) is 4.93. The minimum Gasteiger partial charge on any atom is -0.389 e. The van der Waals surface area contributed by atoms with Gasteiger partial charge >= 0.3 is 0 Å². The lowest BCUT2D eigenvalue weighted by Crippen LogP contribution is -2.21. The normalized spacial score (nSPS) is 25.1. The molecule has 0 unspecified atom stereocenters. The molecular formula is C13H16FN3O. The minimum absolute atomic E-state index is 0.286. The van der Waals surface area contributed by atoms with Gasteiger partial charge in [-0.1, -0.05) is 6.07 Å². The lowest BCUT2D eigenvalue weighted by molar-refractivity contribution is 0.115. The Morgan fingerprint density at radius 1 is 1.50 bits per heavy atom. The zero-order valence-electron chi connectivity index (χ0n) is 10.3. The molecule has 4 nitrogen and oxygen atoms in total. The molecule has 1 aliphatic heterocycles. The third-order valence-electron chi connectivity index (χ3n) is 3.41. The Morgan fingerprint density at radius 2 is 2.33 bits per heavy atom. The highest BCUT2D eigenvalue weighted by molar-refractivity contribution is 5.47. The zero-order chi connectivity index (χ0) is 12.7. The van der Waals surface area contributed by atoms with Crippen LogP contribution in [0.2, 0.25) is 0 Å². The molecule has 1 fully saturated rings. The van der Waals surface area contributed by atoms with E-state index in [1.54, 1.807) is 0 Å². The molecule has 1 N–H and O–H groups in total. The van der Waals surface area contributed by atoms with Gasteiger partial charge in [-0.3, -0.25) is 4.90 Å². The van der Waals surface area contributed by atoms with Gasteiger partial charge in [0.05, 0.1) is 11.8 Å². The quantitative estimate of drug-likeness (QED) is 0.868. The molecule has 0 radical (unpaired) electrons. The standard InChI is InChI=1S/C13H16FN3O/c1-9-3-2-4-17-6-10(15-13(9)17)5-16-7-11(14)12(18)8-16/h2-4,6,11-12,18H,5,7-8H2,1H3/t11-,12-/m0/s1. The number of nitrogens with zero attached hydrogens (tertiary/aromatic N) is 3. The lowest BCUT2D eigenvalue weighted by atomic mass is 10.3. The summed E-state index contributed by atoms with van der Waals surface area (Å²) >= 11 is 0. The van der Waals surface area contributed by atoms with Gasteiger partial charge in [0, 0.05) is 32.0 Å². The van der Waals surface area contributed by atoms with Crippen LogP contribution in [0.5, 0.6) is 0 Å². The highest BCUT2D eigenvalue weighted by Crippen LogP contribution is 2.17. The van der Waals surface area contributed by atoms with Crippen molar-refractivity contribution >= 4 is 5.65 Å². The molecule has 1 saturated heterocycles. The fraction of sp³-hybridized carbons (Fsp3) is 0.462. The molecule has 3 heterocycles. The number of hydrogen-bond donors (Lipinski definition) is 1. The Hall–Kier alpha value is -1.46. The van der Waals surface area contributed by atoms with Crippen molar-refractivity contribution in [1.82, 2.24) is 14.3 Å². The summed E-state index contributed by atoms with van der Waals surface area (Å²) in [7, 11) is 0. The Balaban J connectivity index is 1.81. The van der Waals surface area contributed by atoms with Crippen molar-refractivity contribution in [2.45, 2.75) is 25.7 Å². The first-order chi connectivity index (χ1) is 8.63. The summed E-state index contributed by atoms with van der Waals surface area (Å²) < 4.78 is 15.2. The van der Waals surface area contributed by atoms with E-state index in [1.807, 2.05) is 40.8 Å². The topological polar surface area (TPSA) is 40.8 Å². The van der Waals surface area contributed by atoms with E-state index in [-0.39, 0.29) is 6.54 Å². The maximum Gasteiger partial charge on any atom is 0.140 e. The van der Waals surface area contributed by atoms with Crippen LogP contribution < -0.4 is 0 Å². The number of pyridine rings is 1. The number of hydrogen-bond acceptors (Lipinski definition) is 3. The molecule has 0 aliphatic carbocycles. The van der Waals surface area contributed by atoms with Crippen molar-refractivity contribution in [3.05, 3.63) is 35.8 Å². The molecule has 2 atom stereocenters. The fourth-order valence-corrected chi connectivity index (χ4v) is 2.46. The number of likely N-dealkylation sites (tertiary alicyclic amines) is 1. The Morgan fingerprint density at radius 3 is 3.00 bits per heavy atom. The van der Waals surface area contributed by atoms with Gasteiger partial charge in [0.1, 0.15) is 11.8 Å². The molecule has 1 aliphatic rings. The number of imidazole rings is 1. The molecule has 5 heteroatoms. The number of aromatic nitrogens is 2. The zero-order valence-corrected chi connectivity index (χ0v) is 10.3. The average Bonchev–Trinajstić information content (AvgIpc) is 2.85. The highest BCUT2D eigenvalue weighted by atomic mass is 19.1. The summed E-state index contributed by atoms with van der Waals surface area (Å²) in [6.07, 6.45) is 1.92. The van der Waals surface area contributed by atoms with E-state index in [9.17, 15) is 9.50 Å². The van der Waals surface area contributed by atoms with Crippen molar-refractivity contribution in [2.75, 3.05) is 13.1 Å². The van der Waals surface area contributed by atoms with Gasteiger partial charge in [-0.05, 0) is 18.6 Å². The monoisotopic (exact) mass is 249 g/mol. The van der Waals surface area contributed by atoms with Gasteiger partial charge in [0.15, 0.2) is 0 Å². The number of fused-ring (bicyclic) bond motifs is 1. The predicted octanol–water partition coefficient (Wildman–Crippen LogP) is 1.16. The van der Waals surface area contributed by atoms with Gasteiger partial charge in [-0.15, -0.1) is 0 Å². The first-order valence-electron chi connectivity index (χ1n) is 6.11. The number of β-amino-alcohol motifs (C(OH)–C–C–N with tert-alkyl or cyclic N) is 1. The second kappa shape index (κ2) is 4.33. The number of aliphatic hydroxyl groups excluding tert-OH is 1. The molecule has 0 saturated carbocycles. The van der Waals surface area contributed by atoms with Gasteiger partial charge in [-0.2, -0.15) is 0 Å². The van der Waals surface area contributed by atoms with Crippen molar-refractivity contribution in [3.8, 4) is 0 Å². The summed E-state index contributed by atoms with van der Waals surface area (Å²) in [5, 5.41) is 9.39. The molecule has 18 heavy (non-hydrogen) atoms. The number of aliphatic hydroxyl groups is 1. The van der Waals surface area contributed by atoms with Crippen LogP contribution in [0, 0.1) is 6.92 Å². The molecule has 0 bridgehead atoms. The summed E-state index contributed by atoms with van der Waals surface area (Å²) in [6, 6.07) is 3.99. The molecular weight excluding hydrogens is 233 g/mol. The van der Waals surface area contributed by atoms with Crippen LogP contribution in [0.1, 0.15) is 11.3 Å². The number of aryl methyl sites for hydroxylation is 1. The van der Waals surface area contributed by atoms with E-state index in [1.165, 1.54) is 0 Å². The first-order valence-corrected chi connectivity index (χ1v) is 6.11. The number of halogens is 1. The van der Waals surface area contributed by atoms with Gasteiger partial charge in [0.2, 0.25) is 0 Å². The Labute approximate surface area is 105 Å². The Bertz CT molecular complexity index is 558. The number of alkyl halides is 1. The van der Waals surface area contributed by atoms with Crippen molar-refractivity contribution in [3.63, 3.8) is 0 Å². The Kier molecular flexibility index (Phi) is 2.80. The van der Waals surface area contributed by atoms with Crippen molar-refractivity contribution in [2.24, 2.45) is 0 Å². The predicted molar refractivity (Wildman–Crippen MR) is 66.1 cm³/mol. The molecule has 0 spiro atoms. The van der Waals surface area contributed by atoms with Crippen LogP contribution in [0.4, 0.5) is 4.39 Å². The molecule has 2 aromatic rings. The molecule has 2 aromatic heterocycles. The summed E-state index contributed by atoms with van der Waals surface area (Å²) in [5.74, 6) is 0. The minimum atomic E-state index is -1.14. The summed E-state index contributed by atoms with van der Waals surface area (Å²) in [5.41, 5.74) is 2.96. The smallest absolute Gasteiger partial charge is 0.140 e. The van der Waals surface area contributed by atoms with E-state index in [0.717, 1.165) is 16.9 Å². The van der Waals surface area contributed by atoms with E-state index >= 15 is 0 Å². The van der Waals surface area contributed by atoms with Crippen LogP contribution in [0.25, 0.3) is 5.65 Å². The molecule has 0 aromatic carbocycles. The van der Waals surface area contributed by atoms with Crippen molar-refractivity contribution in [1.29, 1.82) is 0 Å². The maximum atomic E-state index is 13.2. The molecule has 3 rings (SSSR count). The van der Waals surface area contributed by atoms with Gasteiger partial charge in [0.25, 0.3) is 0 Å². The van der Waals surface area contributed by atoms with E-state index in [4.69, 9.17) is 0 Å². The number of rotatable bonds is 2. The fourth-order valence-electron chi connectivity index (χ4n) is 2.46. The van der Waals surface area contributed by atoms with Gasteiger partial charge in [-0.25, -0.2) is 9.37 Å². The average molecular weight is 249 g/mol. The molecule has 0 amide bonds. The largest absolute Gasteiger partial charge is 0.389 e.